The first-order chi connectivity index (χ1) is 9.42. The van der Waals surface area contributed by atoms with E-state index in [-0.39, 0.29) is 6.03 Å². The van der Waals surface area contributed by atoms with Crippen molar-refractivity contribution in [3.05, 3.63) is 0 Å². The summed E-state index contributed by atoms with van der Waals surface area (Å²) in [5.74, 6) is 0.553. The molecule has 0 spiro atoms. The number of hydrogen-bond acceptors (Lipinski definition) is 2. The van der Waals surface area contributed by atoms with Gasteiger partial charge in [0.2, 0.25) is 0 Å². The van der Waals surface area contributed by atoms with Crippen molar-refractivity contribution in [3.63, 3.8) is 0 Å². The van der Waals surface area contributed by atoms with E-state index in [4.69, 9.17) is 0 Å². The van der Waals surface area contributed by atoms with Crippen LogP contribution in [-0.4, -0.2) is 41.6 Å². The average molecular weight is 282 g/mol. The lowest BCUT2D eigenvalue weighted by Gasteiger charge is -2.36. The zero-order valence-electron chi connectivity index (χ0n) is 12.5. The molecule has 0 aromatic carbocycles. The molecule has 5 nitrogen and oxygen atoms in total. The van der Waals surface area contributed by atoms with Gasteiger partial charge in [0.15, 0.2) is 0 Å². The molecule has 2 rings (SSSR count). The van der Waals surface area contributed by atoms with Gasteiger partial charge in [-0.15, -0.1) is 0 Å². The van der Waals surface area contributed by atoms with Crippen LogP contribution in [0.15, 0.2) is 0 Å². The van der Waals surface area contributed by atoms with E-state index in [1.807, 2.05) is 0 Å². The maximum atomic E-state index is 12.1. The number of hydrogen-bond donors (Lipinski definition) is 2. The molecule has 1 saturated heterocycles. The summed E-state index contributed by atoms with van der Waals surface area (Å²) >= 11 is 0. The number of carboxylic acids is 1. The van der Waals surface area contributed by atoms with Crippen LogP contribution in [0.2, 0.25) is 0 Å². The fourth-order valence-corrected chi connectivity index (χ4v) is 3.27. The van der Waals surface area contributed by atoms with Gasteiger partial charge in [-0.05, 0) is 38.0 Å². The minimum Gasteiger partial charge on any atom is -0.481 e. The van der Waals surface area contributed by atoms with Gasteiger partial charge in [0.25, 0.3) is 0 Å². The van der Waals surface area contributed by atoms with Gasteiger partial charge in [0, 0.05) is 19.6 Å². The number of urea groups is 1. The standard InChI is InChI=1S/C15H26N2O3/c1-11-4-3-5-12(11)10-16-14(20)17-8-6-15(2,7-9-17)13(18)19/h11-12H,3-10H2,1-2H3,(H,16,20)(H,18,19). The second kappa shape index (κ2) is 6.02. The van der Waals surface area contributed by atoms with Gasteiger partial charge in [-0.25, -0.2) is 4.79 Å². The number of carbonyl (C=O) groups excluding carboxylic acids is 1. The summed E-state index contributed by atoms with van der Waals surface area (Å²) in [7, 11) is 0. The monoisotopic (exact) mass is 282 g/mol. The van der Waals surface area contributed by atoms with Gasteiger partial charge >= 0.3 is 12.0 Å². The van der Waals surface area contributed by atoms with Crippen molar-refractivity contribution in [3.8, 4) is 0 Å². The number of likely N-dealkylation sites (tertiary alicyclic amines) is 1. The van der Waals surface area contributed by atoms with Crippen LogP contribution in [0, 0.1) is 17.3 Å². The maximum Gasteiger partial charge on any atom is 0.317 e. The molecule has 20 heavy (non-hydrogen) atoms. The molecule has 1 heterocycles. The normalized spacial score (nSPS) is 29.2. The highest BCUT2D eigenvalue weighted by Crippen LogP contribution is 2.32. The first-order valence-corrected chi connectivity index (χ1v) is 7.68. The van der Waals surface area contributed by atoms with E-state index in [9.17, 15) is 14.7 Å². The van der Waals surface area contributed by atoms with Gasteiger partial charge in [-0.1, -0.05) is 19.8 Å². The third-order valence-electron chi connectivity index (χ3n) is 5.23. The van der Waals surface area contributed by atoms with E-state index in [0.717, 1.165) is 6.54 Å². The minimum atomic E-state index is -0.752. The number of nitrogens with one attached hydrogen (secondary N) is 1. The first kappa shape index (κ1) is 15.1. The lowest BCUT2D eigenvalue weighted by atomic mass is 9.80. The fraction of sp³-hybridized carbons (Fsp3) is 0.867. The first-order valence-electron chi connectivity index (χ1n) is 7.68. The lowest BCUT2D eigenvalue weighted by molar-refractivity contribution is -0.150. The molecular weight excluding hydrogens is 256 g/mol. The minimum absolute atomic E-state index is 0.0310. The number of carboxylic acid groups (broad SMARTS) is 1. The van der Waals surface area contributed by atoms with Gasteiger partial charge < -0.3 is 15.3 Å². The summed E-state index contributed by atoms with van der Waals surface area (Å²) in [5, 5.41) is 12.2. The smallest absolute Gasteiger partial charge is 0.317 e. The molecule has 1 saturated carbocycles. The second-order valence-corrected chi connectivity index (χ2v) is 6.71. The number of aliphatic carboxylic acids is 1. The summed E-state index contributed by atoms with van der Waals surface area (Å²) in [4.78, 5) is 25.0. The molecule has 0 radical (unpaired) electrons. The topological polar surface area (TPSA) is 69.6 Å². The summed E-state index contributed by atoms with van der Waals surface area (Å²) in [6.45, 7) is 5.85. The van der Waals surface area contributed by atoms with Crippen LogP contribution in [-0.2, 0) is 4.79 Å². The van der Waals surface area contributed by atoms with Crippen molar-refractivity contribution in [2.75, 3.05) is 19.6 Å². The summed E-state index contributed by atoms with van der Waals surface area (Å²) in [5.41, 5.74) is -0.670. The highest BCUT2D eigenvalue weighted by molar-refractivity contribution is 5.76. The number of carbonyl (C=O) groups is 2. The third kappa shape index (κ3) is 3.25. The molecule has 2 aliphatic rings. The van der Waals surface area contributed by atoms with E-state index in [1.54, 1.807) is 11.8 Å². The van der Waals surface area contributed by atoms with E-state index < -0.39 is 11.4 Å². The molecule has 2 amide bonds. The van der Waals surface area contributed by atoms with Gasteiger partial charge in [0.1, 0.15) is 0 Å². The summed E-state index contributed by atoms with van der Waals surface area (Å²) in [6.07, 6.45) is 4.81. The quantitative estimate of drug-likeness (QED) is 0.834. The molecule has 5 heteroatoms. The number of nitrogens with zero attached hydrogens (tertiary/aromatic N) is 1. The van der Waals surface area contributed by atoms with Crippen LogP contribution in [0.4, 0.5) is 4.79 Å². The molecule has 2 unspecified atom stereocenters. The second-order valence-electron chi connectivity index (χ2n) is 6.71. The molecule has 2 atom stereocenters. The Bertz CT molecular complexity index is 375. The Morgan fingerprint density at radius 3 is 2.45 bits per heavy atom. The number of piperidine rings is 1. The van der Waals surface area contributed by atoms with Crippen LogP contribution < -0.4 is 5.32 Å². The third-order valence-corrected chi connectivity index (χ3v) is 5.23. The maximum absolute atomic E-state index is 12.1. The Morgan fingerprint density at radius 1 is 1.30 bits per heavy atom. The Labute approximate surface area is 120 Å². The van der Waals surface area contributed by atoms with E-state index in [1.165, 1.54) is 19.3 Å². The van der Waals surface area contributed by atoms with Crippen LogP contribution in [0.1, 0.15) is 46.0 Å². The zero-order valence-corrected chi connectivity index (χ0v) is 12.5. The highest BCUT2D eigenvalue weighted by atomic mass is 16.4. The number of amides is 2. The molecule has 0 bridgehead atoms. The van der Waals surface area contributed by atoms with Crippen LogP contribution in [0.25, 0.3) is 0 Å². The molecule has 0 aromatic rings. The van der Waals surface area contributed by atoms with Crippen LogP contribution >= 0.6 is 0 Å². The summed E-state index contributed by atoms with van der Waals surface area (Å²) in [6, 6.07) is -0.0310. The fourth-order valence-electron chi connectivity index (χ4n) is 3.27. The lowest BCUT2D eigenvalue weighted by Crippen LogP contribution is -2.49. The van der Waals surface area contributed by atoms with Gasteiger partial charge in [-0.2, -0.15) is 0 Å². The highest BCUT2D eigenvalue weighted by Gasteiger charge is 2.38. The molecule has 1 aliphatic heterocycles. The Kier molecular flexibility index (Phi) is 4.55. The van der Waals surface area contributed by atoms with Crippen LogP contribution in [0.5, 0.6) is 0 Å². The molecular formula is C15H26N2O3. The van der Waals surface area contributed by atoms with Crippen molar-refractivity contribution in [1.29, 1.82) is 0 Å². The van der Waals surface area contributed by atoms with Crippen molar-refractivity contribution < 1.29 is 14.7 Å². The predicted octanol–water partition coefficient (Wildman–Crippen LogP) is 2.32. The molecule has 2 N–H and O–H groups in total. The average Bonchev–Trinajstić information content (AvgIpc) is 2.82. The SMILES string of the molecule is CC1CCCC1CNC(=O)N1CCC(C)(C(=O)O)CC1. The Morgan fingerprint density at radius 2 is 1.95 bits per heavy atom. The van der Waals surface area contributed by atoms with E-state index in [0.29, 0.717) is 37.8 Å². The zero-order chi connectivity index (χ0) is 14.8. The van der Waals surface area contributed by atoms with Crippen molar-refractivity contribution in [2.45, 2.75) is 46.0 Å². The Hall–Kier alpha value is -1.26. The van der Waals surface area contributed by atoms with E-state index in [2.05, 4.69) is 12.2 Å². The predicted molar refractivity (Wildman–Crippen MR) is 76.5 cm³/mol. The van der Waals surface area contributed by atoms with Crippen molar-refractivity contribution >= 4 is 12.0 Å². The number of rotatable bonds is 3. The summed E-state index contributed by atoms with van der Waals surface area (Å²) < 4.78 is 0. The van der Waals surface area contributed by atoms with Crippen molar-refractivity contribution in [1.82, 2.24) is 10.2 Å². The molecule has 1 aliphatic carbocycles. The van der Waals surface area contributed by atoms with Crippen LogP contribution in [0.3, 0.4) is 0 Å². The molecule has 2 fully saturated rings. The van der Waals surface area contributed by atoms with E-state index >= 15 is 0 Å². The molecule has 114 valence electrons. The largest absolute Gasteiger partial charge is 0.481 e. The Balaban J connectivity index is 1.76. The van der Waals surface area contributed by atoms with Crippen molar-refractivity contribution in [2.24, 2.45) is 17.3 Å². The van der Waals surface area contributed by atoms with Gasteiger partial charge in [0.05, 0.1) is 5.41 Å². The molecule has 0 aromatic heterocycles. The van der Waals surface area contributed by atoms with Gasteiger partial charge in [-0.3, -0.25) is 4.79 Å².